The highest BCUT2D eigenvalue weighted by molar-refractivity contribution is 5.36. The summed E-state index contributed by atoms with van der Waals surface area (Å²) in [6.45, 7) is 4.79. The lowest BCUT2D eigenvalue weighted by molar-refractivity contribution is -0.00743. The maximum absolute atomic E-state index is 12.3. The lowest BCUT2D eigenvalue weighted by atomic mass is 9.88. The van der Waals surface area contributed by atoms with Crippen molar-refractivity contribution in [2.45, 2.75) is 70.8 Å². The predicted molar refractivity (Wildman–Crippen MR) is 133 cm³/mol. The third kappa shape index (κ3) is 6.07. The molecule has 4 heteroatoms. The number of H-pyrrole nitrogens is 1. The molecule has 4 rings (SSSR count). The van der Waals surface area contributed by atoms with Gasteiger partial charge in [-0.15, -0.1) is 0 Å². The molecule has 4 nitrogen and oxygen atoms in total. The van der Waals surface area contributed by atoms with E-state index in [4.69, 9.17) is 9.47 Å². The van der Waals surface area contributed by atoms with Crippen molar-refractivity contribution in [3.05, 3.63) is 93.3 Å². The molecule has 1 unspecified atom stereocenters. The van der Waals surface area contributed by atoms with Crippen molar-refractivity contribution in [1.29, 1.82) is 0 Å². The molecule has 0 bridgehead atoms. The number of nitrogens with one attached hydrogen (secondary N) is 1. The van der Waals surface area contributed by atoms with Gasteiger partial charge in [0, 0.05) is 17.8 Å². The molecule has 0 radical (unpaired) electrons. The molecule has 1 aliphatic heterocycles. The molecule has 0 saturated heterocycles. The largest absolute Gasteiger partial charge is 0.483 e. The molecule has 2 heterocycles. The SMILES string of the molecule is CCCc1ccc(CCc2cc(=O)cc(OCC3(CCC)CCc4ccccc4O3)[nH]2)cc1. The first kappa shape index (κ1) is 23.2. The second-order valence-corrected chi connectivity index (χ2v) is 9.20. The fourth-order valence-corrected chi connectivity index (χ4v) is 4.70. The van der Waals surface area contributed by atoms with Crippen LogP contribution in [0.1, 0.15) is 61.9 Å². The fraction of sp³-hybridized carbons (Fsp3) is 0.414. The van der Waals surface area contributed by atoms with Crippen LogP contribution in [0.2, 0.25) is 0 Å². The summed E-state index contributed by atoms with van der Waals surface area (Å²) in [5.41, 5.74) is 4.40. The van der Waals surface area contributed by atoms with Crippen molar-refractivity contribution in [1.82, 2.24) is 4.98 Å². The number of pyridine rings is 1. The zero-order chi connectivity index (χ0) is 23.1. The van der Waals surface area contributed by atoms with E-state index in [1.54, 1.807) is 12.1 Å². The van der Waals surface area contributed by atoms with Gasteiger partial charge in [-0.3, -0.25) is 4.79 Å². The number of aromatic nitrogens is 1. The number of aryl methyl sites for hydroxylation is 4. The Hall–Kier alpha value is -3.01. The number of para-hydroxylation sites is 1. The van der Waals surface area contributed by atoms with Crippen molar-refractivity contribution in [3.8, 4) is 11.6 Å². The fourth-order valence-electron chi connectivity index (χ4n) is 4.70. The van der Waals surface area contributed by atoms with Gasteiger partial charge in [-0.05, 0) is 61.3 Å². The summed E-state index contributed by atoms with van der Waals surface area (Å²) in [7, 11) is 0. The van der Waals surface area contributed by atoms with Gasteiger partial charge in [0.25, 0.3) is 0 Å². The lowest BCUT2D eigenvalue weighted by Gasteiger charge is -2.38. The quantitative estimate of drug-likeness (QED) is 0.413. The first-order valence-corrected chi connectivity index (χ1v) is 12.3. The summed E-state index contributed by atoms with van der Waals surface area (Å²) < 4.78 is 12.6. The summed E-state index contributed by atoms with van der Waals surface area (Å²) in [6, 6.07) is 20.2. The number of hydrogen-bond acceptors (Lipinski definition) is 3. The number of hydrogen-bond donors (Lipinski definition) is 1. The van der Waals surface area contributed by atoms with Gasteiger partial charge < -0.3 is 14.5 Å². The highest BCUT2D eigenvalue weighted by atomic mass is 16.5. The third-order valence-electron chi connectivity index (χ3n) is 6.46. The number of aromatic amines is 1. The number of rotatable bonds is 10. The normalized spacial score (nSPS) is 17.3. The zero-order valence-electron chi connectivity index (χ0n) is 19.9. The van der Waals surface area contributed by atoms with Crippen LogP contribution in [0.15, 0.2) is 65.5 Å². The van der Waals surface area contributed by atoms with Crippen LogP contribution in [0, 0.1) is 0 Å². The summed E-state index contributed by atoms with van der Waals surface area (Å²) in [4.78, 5) is 15.7. The minimum atomic E-state index is -0.365. The van der Waals surface area contributed by atoms with Gasteiger partial charge in [-0.1, -0.05) is 69.2 Å². The van der Waals surface area contributed by atoms with Crippen LogP contribution in [0.4, 0.5) is 0 Å². The van der Waals surface area contributed by atoms with E-state index in [1.807, 2.05) is 12.1 Å². The van der Waals surface area contributed by atoms with Crippen LogP contribution in [0.25, 0.3) is 0 Å². The topological polar surface area (TPSA) is 51.3 Å². The van der Waals surface area contributed by atoms with Crippen LogP contribution < -0.4 is 14.9 Å². The Morgan fingerprint density at radius 3 is 2.45 bits per heavy atom. The van der Waals surface area contributed by atoms with E-state index in [1.165, 1.54) is 16.7 Å². The first-order chi connectivity index (χ1) is 16.1. The molecule has 0 aliphatic carbocycles. The summed E-state index contributed by atoms with van der Waals surface area (Å²) in [6.07, 6.45) is 7.74. The van der Waals surface area contributed by atoms with Crippen molar-refractivity contribution in [2.75, 3.05) is 6.61 Å². The highest BCUT2D eigenvalue weighted by Gasteiger charge is 2.36. The Kier molecular flexibility index (Phi) is 7.54. The Labute approximate surface area is 197 Å². The Balaban J connectivity index is 1.41. The Morgan fingerprint density at radius 1 is 0.939 bits per heavy atom. The molecular formula is C29H35NO3. The Morgan fingerprint density at radius 2 is 1.70 bits per heavy atom. The molecule has 0 fully saturated rings. The first-order valence-electron chi connectivity index (χ1n) is 12.3. The van der Waals surface area contributed by atoms with Crippen molar-refractivity contribution < 1.29 is 9.47 Å². The summed E-state index contributed by atoms with van der Waals surface area (Å²) in [5.74, 6) is 1.47. The molecule has 0 saturated carbocycles. The lowest BCUT2D eigenvalue weighted by Crippen LogP contribution is -2.45. The second kappa shape index (κ2) is 10.7. The molecule has 2 aromatic carbocycles. The van der Waals surface area contributed by atoms with E-state index in [2.05, 4.69) is 55.2 Å². The maximum atomic E-state index is 12.3. The standard InChI is InChI=1S/C29H35NO3/c1-3-7-22-10-12-23(13-11-22)14-15-25-19-26(31)20-28(30-25)32-21-29(17-4-2)18-16-24-8-5-6-9-27(24)33-29/h5-6,8-13,19-20H,3-4,7,14-18,21H2,1-2H3,(H,30,31). The highest BCUT2D eigenvalue weighted by Crippen LogP contribution is 2.36. The van der Waals surface area contributed by atoms with Crippen molar-refractivity contribution >= 4 is 0 Å². The average molecular weight is 446 g/mol. The van der Waals surface area contributed by atoms with Crippen LogP contribution in [-0.4, -0.2) is 17.2 Å². The van der Waals surface area contributed by atoms with Gasteiger partial charge in [0.05, 0.1) is 0 Å². The van der Waals surface area contributed by atoms with Crippen molar-refractivity contribution in [2.24, 2.45) is 0 Å². The second-order valence-electron chi connectivity index (χ2n) is 9.20. The molecule has 1 N–H and O–H groups in total. The Bertz CT molecular complexity index is 1100. The molecule has 1 atom stereocenters. The summed E-state index contributed by atoms with van der Waals surface area (Å²) >= 11 is 0. The number of benzene rings is 2. The molecule has 3 aromatic rings. The molecule has 1 aliphatic rings. The molecule has 1 aromatic heterocycles. The van der Waals surface area contributed by atoms with E-state index in [9.17, 15) is 4.79 Å². The van der Waals surface area contributed by atoms with Gasteiger partial charge in [-0.2, -0.15) is 0 Å². The molecule has 33 heavy (non-hydrogen) atoms. The molecule has 0 spiro atoms. The van der Waals surface area contributed by atoms with Gasteiger partial charge in [0.15, 0.2) is 11.3 Å². The number of ether oxygens (including phenoxy) is 2. The van der Waals surface area contributed by atoms with E-state index in [-0.39, 0.29) is 11.0 Å². The summed E-state index contributed by atoms with van der Waals surface area (Å²) in [5, 5.41) is 0. The van der Waals surface area contributed by atoms with Gasteiger partial charge in [0.1, 0.15) is 18.0 Å². The monoisotopic (exact) mass is 445 g/mol. The minimum Gasteiger partial charge on any atom is -0.483 e. The minimum absolute atomic E-state index is 0.0310. The van der Waals surface area contributed by atoms with Gasteiger partial charge in [-0.25, -0.2) is 0 Å². The molecular weight excluding hydrogens is 410 g/mol. The average Bonchev–Trinajstić information content (AvgIpc) is 2.82. The van der Waals surface area contributed by atoms with E-state index < -0.39 is 0 Å². The molecule has 174 valence electrons. The molecule has 0 amide bonds. The number of fused-ring (bicyclic) bond motifs is 1. The maximum Gasteiger partial charge on any atom is 0.194 e. The predicted octanol–water partition coefficient (Wildman–Crippen LogP) is 6.06. The smallest absolute Gasteiger partial charge is 0.194 e. The van der Waals surface area contributed by atoms with Crippen LogP contribution >= 0.6 is 0 Å². The van der Waals surface area contributed by atoms with Crippen LogP contribution in [0.5, 0.6) is 11.6 Å². The third-order valence-corrected chi connectivity index (χ3v) is 6.46. The van der Waals surface area contributed by atoms with Crippen molar-refractivity contribution in [3.63, 3.8) is 0 Å². The van der Waals surface area contributed by atoms with E-state index in [0.29, 0.717) is 12.5 Å². The van der Waals surface area contributed by atoms with E-state index >= 15 is 0 Å². The van der Waals surface area contributed by atoms with E-state index in [0.717, 1.165) is 62.8 Å². The zero-order valence-corrected chi connectivity index (χ0v) is 19.9. The van der Waals surface area contributed by atoms with Crippen LogP contribution in [-0.2, 0) is 25.7 Å². The van der Waals surface area contributed by atoms with Gasteiger partial charge >= 0.3 is 0 Å². The van der Waals surface area contributed by atoms with Crippen LogP contribution in [0.3, 0.4) is 0 Å². The van der Waals surface area contributed by atoms with Gasteiger partial charge in [0.2, 0.25) is 0 Å².